The molecule has 1 rings (SSSR count). The van der Waals surface area contributed by atoms with Crippen LogP contribution in [0.2, 0.25) is 0 Å². The van der Waals surface area contributed by atoms with Gasteiger partial charge in [0.1, 0.15) is 0 Å². The number of aliphatic imine (C=N–C) groups is 1. The molecular formula is C15H29N3OS. The highest BCUT2D eigenvalue weighted by Gasteiger charge is 2.28. The summed E-state index contributed by atoms with van der Waals surface area (Å²) in [7, 11) is 0. The Bertz CT molecular complexity index is 348. The lowest BCUT2D eigenvalue weighted by atomic mass is 9.85. The average Bonchev–Trinajstić information content (AvgIpc) is 2.36. The molecule has 2 N–H and O–H groups in total. The summed E-state index contributed by atoms with van der Waals surface area (Å²) in [5, 5.41) is 7.41. The van der Waals surface area contributed by atoms with Gasteiger partial charge in [-0.2, -0.15) is 0 Å². The molecule has 1 atom stereocenters. The number of nitrogens with zero attached hydrogens (tertiary/aromatic N) is 1. The lowest BCUT2D eigenvalue weighted by Gasteiger charge is -2.35. The first-order valence-electron chi connectivity index (χ1n) is 7.49. The van der Waals surface area contributed by atoms with Crippen LogP contribution in [-0.4, -0.2) is 36.0 Å². The lowest BCUT2D eigenvalue weighted by molar-refractivity contribution is -0.121. The zero-order valence-corrected chi connectivity index (χ0v) is 14.3. The first-order valence-corrected chi connectivity index (χ1v) is 8.48. The van der Waals surface area contributed by atoms with Crippen LogP contribution in [0, 0.1) is 11.3 Å². The van der Waals surface area contributed by atoms with Crippen molar-refractivity contribution in [3.8, 4) is 0 Å². The molecule has 0 aromatic carbocycles. The maximum atomic E-state index is 11.6. The average molecular weight is 299 g/mol. The minimum Gasteiger partial charge on any atom is -0.362 e. The van der Waals surface area contributed by atoms with Crippen LogP contribution >= 0.6 is 11.8 Å². The molecular weight excluding hydrogens is 270 g/mol. The monoisotopic (exact) mass is 299 g/mol. The van der Waals surface area contributed by atoms with Gasteiger partial charge in [0.15, 0.2) is 5.17 Å². The molecule has 116 valence electrons. The molecule has 0 saturated carbocycles. The topological polar surface area (TPSA) is 53.5 Å². The Morgan fingerprint density at radius 1 is 1.50 bits per heavy atom. The zero-order valence-electron chi connectivity index (χ0n) is 13.5. The summed E-state index contributed by atoms with van der Waals surface area (Å²) < 4.78 is 0. The molecule has 0 aliphatic carbocycles. The van der Waals surface area contributed by atoms with Crippen LogP contribution in [0.25, 0.3) is 0 Å². The Hall–Kier alpha value is -0.710. The van der Waals surface area contributed by atoms with E-state index in [1.165, 1.54) is 6.42 Å². The predicted molar refractivity (Wildman–Crippen MR) is 88.2 cm³/mol. The summed E-state index contributed by atoms with van der Waals surface area (Å²) in [5.41, 5.74) is 0.246. The molecule has 0 bridgehead atoms. The van der Waals surface area contributed by atoms with Crippen LogP contribution in [0.5, 0.6) is 0 Å². The predicted octanol–water partition coefficient (Wildman–Crippen LogP) is 2.65. The van der Waals surface area contributed by atoms with Crippen LogP contribution in [0.3, 0.4) is 0 Å². The van der Waals surface area contributed by atoms with Crippen molar-refractivity contribution in [2.45, 2.75) is 53.5 Å². The molecule has 1 amide bonds. The third-order valence-electron chi connectivity index (χ3n) is 3.29. The second-order valence-corrected chi connectivity index (χ2v) is 7.92. The van der Waals surface area contributed by atoms with E-state index in [4.69, 9.17) is 0 Å². The SMILES string of the molecule is CC(C)CNC(=O)CCN=C1NC(C(C)(C)C)CCS1. The Morgan fingerprint density at radius 3 is 2.80 bits per heavy atom. The number of carbonyl (C=O) groups is 1. The molecule has 0 aromatic rings. The van der Waals surface area contributed by atoms with E-state index < -0.39 is 0 Å². The van der Waals surface area contributed by atoms with E-state index in [0.29, 0.717) is 24.9 Å². The van der Waals surface area contributed by atoms with Crippen molar-refractivity contribution in [3.05, 3.63) is 0 Å². The van der Waals surface area contributed by atoms with E-state index in [9.17, 15) is 4.79 Å². The van der Waals surface area contributed by atoms with Crippen LogP contribution in [0.1, 0.15) is 47.5 Å². The van der Waals surface area contributed by atoms with Gasteiger partial charge in [-0.25, -0.2) is 0 Å². The Morgan fingerprint density at radius 2 is 2.20 bits per heavy atom. The molecule has 1 heterocycles. The molecule has 0 aromatic heterocycles. The zero-order chi connectivity index (χ0) is 15.2. The van der Waals surface area contributed by atoms with E-state index in [-0.39, 0.29) is 11.3 Å². The summed E-state index contributed by atoms with van der Waals surface area (Å²) in [6.45, 7) is 12.2. The van der Waals surface area contributed by atoms with Gasteiger partial charge in [-0.15, -0.1) is 0 Å². The molecule has 4 nitrogen and oxygen atoms in total. The second-order valence-electron chi connectivity index (χ2n) is 6.83. The number of amidine groups is 1. The normalized spacial score (nSPS) is 21.9. The van der Waals surface area contributed by atoms with Gasteiger partial charge in [-0.05, 0) is 17.8 Å². The summed E-state index contributed by atoms with van der Waals surface area (Å²) in [5.74, 6) is 1.69. The fourth-order valence-corrected chi connectivity index (χ4v) is 2.90. The molecule has 0 spiro atoms. The first-order chi connectivity index (χ1) is 9.29. The molecule has 1 unspecified atom stereocenters. The van der Waals surface area contributed by atoms with Crippen molar-refractivity contribution in [2.24, 2.45) is 16.3 Å². The van der Waals surface area contributed by atoms with Gasteiger partial charge in [0.05, 0.1) is 6.54 Å². The minimum absolute atomic E-state index is 0.0937. The Kier molecular flexibility index (Phi) is 6.86. The van der Waals surface area contributed by atoms with Crippen LogP contribution in [0.4, 0.5) is 0 Å². The highest BCUT2D eigenvalue weighted by Crippen LogP contribution is 2.27. The summed E-state index contributed by atoms with van der Waals surface area (Å²) in [6, 6.07) is 0.470. The number of nitrogens with one attached hydrogen (secondary N) is 2. The maximum absolute atomic E-state index is 11.6. The van der Waals surface area contributed by atoms with Crippen LogP contribution in [-0.2, 0) is 4.79 Å². The van der Waals surface area contributed by atoms with Gasteiger partial charge >= 0.3 is 0 Å². The smallest absolute Gasteiger partial charge is 0.221 e. The van der Waals surface area contributed by atoms with Gasteiger partial charge in [-0.3, -0.25) is 9.79 Å². The largest absolute Gasteiger partial charge is 0.362 e. The lowest BCUT2D eigenvalue weighted by Crippen LogP contribution is -2.46. The van der Waals surface area contributed by atoms with E-state index in [0.717, 1.165) is 17.5 Å². The van der Waals surface area contributed by atoms with Crippen LogP contribution < -0.4 is 10.6 Å². The Balaban J connectivity index is 2.33. The first kappa shape index (κ1) is 17.3. The third-order valence-corrected chi connectivity index (χ3v) is 4.25. The van der Waals surface area contributed by atoms with Crippen molar-refractivity contribution in [3.63, 3.8) is 0 Å². The molecule has 1 fully saturated rings. The number of carbonyl (C=O) groups excluding carboxylic acids is 1. The number of hydrogen-bond donors (Lipinski definition) is 2. The molecule has 0 radical (unpaired) electrons. The molecule has 20 heavy (non-hydrogen) atoms. The van der Waals surface area contributed by atoms with Gasteiger partial charge in [0, 0.05) is 24.8 Å². The summed E-state index contributed by atoms with van der Waals surface area (Å²) in [4.78, 5) is 16.1. The van der Waals surface area contributed by atoms with Crippen molar-refractivity contribution >= 4 is 22.8 Å². The third kappa shape index (κ3) is 6.64. The molecule has 1 saturated heterocycles. The molecule has 1 aliphatic heterocycles. The van der Waals surface area contributed by atoms with Gasteiger partial charge in [0.2, 0.25) is 5.91 Å². The standard InChI is InChI=1S/C15H29N3OS/c1-11(2)10-17-13(19)6-8-16-14-18-12(7-9-20-14)15(3,4)5/h11-12H,6-10H2,1-5H3,(H,16,18)(H,17,19). The highest BCUT2D eigenvalue weighted by molar-refractivity contribution is 8.13. The number of thioether (sulfide) groups is 1. The number of amides is 1. The Labute approximate surface area is 127 Å². The van der Waals surface area contributed by atoms with E-state index >= 15 is 0 Å². The molecule has 5 heteroatoms. The van der Waals surface area contributed by atoms with E-state index in [1.807, 2.05) is 0 Å². The summed E-state index contributed by atoms with van der Waals surface area (Å²) in [6.07, 6.45) is 1.64. The number of rotatable bonds is 5. The number of hydrogen-bond acceptors (Lipinski definition) is 3. The van der Waals surface area contributed by atoms with Crippen LogP contribution in [0.15, 0.2) is 4.99 Å². The fourth-order valence-electron chi connectivity index (χ4n) is 1.94. The van der Waals surface area contributed by atoms with Crippen molar-refractivity contribution < 1.29 is 4.79 Å². The summed E-state index contributed by atoms with van der Waals surface area (Å²) >= 11 is 1.76. The van der Waals surface area contributed by atoms with E-state index in [2.05, 4.69) is 50.2 Å². The quantitative estimate of drug-likeness (QED) is 0.820. The van der Waals surface area contributed by atoms with Gasteiger partial charge in [-0.1, -0.05) is 46.4 Å². The van der Waals surface area contributed by atoms with Crippen molar-refractivity contribution in [2.75, 3.05) is 18.8 Å². The van der Waals surface area contributed by atoms with Crippen molar-refractivity contribution in [1.82, 2.24) is 10.6 Å². The highest BCUT2D eigenvalue weighted by atomic mass is 32.2. The van der Waals surface area contributed by atoms with Gasteiger partial charge < -0.3 is 10.6 Å². The second kappa shape index (κ2) is 7.91. The van der Waals surface area contributed by atoms with Gasteiger partial charge in [0.25, 0.3) is 0 Å². The maximum Gasteiger partial charge on any atom is 0.221 e. The molecule has 1 aliphatic rings. The van der Waals surface area contributed by atoms with E-state index in [1.54, 1.807) is 11.8 Å². The fraction of sp³-hybridized carbons (Fsp3) is 0.867. The minimum atomic E-state index is 0.0937. The van der Waals surface area contributed by atoms with Crippen molar-refractivity contribution in [1.29, 1.82) is 0 Å².